The predicted octanol–water partition coefficient (Wildman–Crippen LogP) is 1.62. The molecule has 1 heterocycles. The number of alkyl carbamates (subject to hydrolysis) is 1. The highest BCUT2D eigenvalue weighted by atomic mass is 16.5. The Hall–Kier alpha value is -2.03. The van der Waals surface area contributed by atoms with Crippen molar-refractivity contribution in [2.75, 3.05) is 47.1 Å². The number of methoxy groups -OCH3 is 2. The number of benzene rings is 1. The van der Waals surface area contributed by atoms with Gasteiger partial charge in [0.25, 0.3) is 0 Å². The van der Waals surface area contributed by atoms with Crippen LogP contribution in [0, 0.1) is 0 Å². The number of hydrogen-bond acceptors (Lipinski definition) is 7. The van der Waals surface area contributed by atoms with E-state index in [2.05, 4.69) is 10.6 Å². The predicted molar refractivity (Wildman–Crippen MR) is 100 cm³/mol. The molecule has 1 atom stereocenters. The standard InChI is InChI=1S/C19H30N2O6/c1-4-5-8-27-18(23)20-11-19(12-26-13-19)21-10-16(22)15-9-14(24-2)6-7-17(15)25-3/h6-7,9,16,21-22H,4-5,8,10-13H2,1-3H3,(H,20,23). The minimum Gasteiger partial charge on any atom is -0.497 e. The summed E-state index contributed by atoms with van der Waals surface area (Å²) >= 11 is 0. The highest BCUT2D eigenvalue weighted by molar-refractivity contribution is 5.67. The van der Waals surface area contributed by atoms with Gasteiger partial charge in [-0.25, -0.2) is 4.79 Å². The SMILES string of the molecule is CCCCOC(=O)NCC1(NCC(O)c2cc(OC)ccc2OC)COC1. The van der Waals surface area contributed by atoms with Gasteiger partial charge in [-0.15, -0.1) is 0 Å². The van der Waals surface area contributed by atoms with E-state index in [1.165, 1.54) is 0 Å². The first-order valence-corrected chi connectivity index (χ1v) is 9.17. The van der Waals surface area contributed by atoms with E-state index in [4.69, 9.17) is 18.9 Å². The third-order valence-corrected chi connectivity index (χ3v) is 4.53. The zero-order valence-electron chi connectivity index (χ0n) is 16.2. The first-order valence-electron chi connectivity index (χ1n) is 9.17. The summed E-state index contributed by atoms with van der Waals surface area (Å²) < 4.78 is 20.9. The van der Waals surface area contributed by atoms with Crippen LogP contribution < -0.4 is 20.1 Å². The highest BCUT2D eigenvalue weighted by Crippen LogP contribution is 2.29. The van der Waals surface area contributed by atoms with Crippen LogP contribution in [0.3, 0.4) is 0 Å². The molecule has 27 heavy (non-hydrogen) atoms. The molecule has 152 valence electrons. The molecule has 3 N–H and O–H groups in total. The average molecular weight is 382 g/mol. The number of aliphatic hydroxyl groups excluding tert-OH is 1. The Morgan fingerprint density at radius 2 is 2.11 bits per heavy atom. The van der Waals surface area contributed by atoms with E-state index in [0.717, 1.165) is 12.8 Å². The fraction of sp³-hybridized carbons (Fsp3) is 0.632. The summed E-state index contributed by atoms with van der Waals surface area (Å²) in [7, 11) is 3.13. The Bertz CT molecular complexity index is 606. The fourth-order valence-corrected chi connectivity index (χ4v) is 2.74. The molecule has 0 spiro atoms. The minimum absolute atomic E-state index is 0.277. The quantitative estimate of drug-likeness (QED) is 0.500. The topological polar surface area (TPSA) is 98.3 Å². The summed E-state index contributed by atoms with van der Waals surface area (Å²) in [4.78, 5) is 11.7. The maximum absolute atomic E-state index is 11.7. The van der Waals surface area contributed by atoms with Crippen LogP contribution in [0.15, 0.2) is 18.2 Å². The van der Waals surface area contributed by atoms with Gasteiger partial charge in [-0.2, -0.15) is 0 Å². The van der Waals surface area contributed by atoms with Gasteiger partial charge in [0.1, 0.15) is 11.5 Å². The summed E-state index contributed by atoms with van der Waals surface area (Å²) in [5.74, 6) is 1.23. The minimum atomic E-state index is -0.802. The third-order valence-electron chi connectivity index (χ3n) is 4.53. The molecule has 1 unspecified atom stereocenters. The summed E-state index contributed by atoms with van der Waals surface area (Å²) in [6, 6.07) is 5.28. The molecule has 0 radical (unpaired) electrons. The molecule has 0 bridgehead atoms. The largest absolute Gasteiger partial charge is 0.497 e. The van der Waals surface area contributed by atoms with Crippen LogP contribution in [-0.2, 0) is 9.47 Å². The van der Waals surface area contributed by atoms with Crippen molar-refractivity contribution in [2.24, 2.45) is 0 Å². The molecule has 1 aliphatic rings. The lowest BCUT2D eigenvalue weighted by Crippen LogP contribution is -2.66. The highest BCUT2D eigenvalue weighted by Gasteiger charge is 2.39. The first-order chi connectivity index (χ1) is 13.0. The van der Waals surface area contributed by atoms with Crippen molar-refractivity contribution in [1.82, 2.24) is 10.6 Å². The maximum Gasteiger partial charge on any atom is 0.407 e. The monoisotopic (exact) mass is 382 g/mol. The molecule has 1 saturated heterocycles. The zero-order valence-corrected chi connectivity index (χ0v) is 16.2. The molecule has 1 aromatic rings. The van der Waals surface area contributed by atoms with Crippen LogP contribution in [0.4, 0.5) is 4.79 Å². The van der Waals surface area contributed by atoms with Gasteiger partial charge in [0.15, 0.2) is 0 Å². The number of aliphatic hydroxyl groups is 1. The second-order valence-electron chi connectivity index (χ2n) is 6.62. The third kappa shape index (κ3) is 5.98. The van der Waals surface area contributed by atoms with Gasteiger partial charge in [-0.3, -0.25) is 0 Å². The molecule has 1 fully saturated rings. The molecular weight excluding hydrogens is 352 g/mol. The van der Waals surface area contributed by atoms with Crippen molar-refractivity contribution >= 4 is 6.09 Å². The summed E-state index contributed by atoms with van der Waals surface area (Å²) in [6.45, 7) is 3.98. The van der Waals surface area contributed by atoms with E-state index in [0.29, 0.717) is 43.4 Å². The zero-order chi connectivity index (χ0) is 19.7. The van der Waals surface area contributed by atoms with E-state index in [9.17, 15) is 9.90 Å². The Morgan fingerprint density at radius 1 is 1.33 bits per heavy atom. The van der Waals surface area contributed by atoms with E-state index < -0.39 is 17.7 Å². The van der Waals surface area contributed by atoms with Gasteiger partial charge in [-0.05, 0) is 24.6 Å². The summed E-state index contributed by atoms with van der Waals surface area (Å²) in [5.41, 5.74) is 0.211. The lowest BCUT2D eigenvalue weighted by Gasteiger charge is -2.42. The lowest BCUT2D eigenvalue weighted by atomic mass is 9.96. The molecular formula is C19H30N2O6. The molecule has 8 nitrogen and oxygen atoms in total. The van der Waals surface area contributed by atoms with Crippen LogP contribution in [0.2, 0.25) is 0 Å². The van der Waals surface area contributed by atoms with Crippen LogP contribution in [0.1, 0.15) is 31.4 Å². The van der Waals surface area contributed by atoms with Gasteiger partial charge in [0.2, 0.25) is 0 Å². The molecule has 2 rings (SSSR count). The number of amides is 1. The van der Waals surface area contributed by atoms with Crippen molar-refractivity contribution < 1.29 is 28.8 Å². The molecule has 0 aromatic heterocycles. The first kappa shape index (κ1) is 21.3. The van der Waals surface area contributed by atoms with Crippen LogP contribution in [0.5, 0.6) is 11.5 Å². The van der Waals surface area contributed by atoms with E-state index in [-0.39, 0.29) is 6.54 Å². The summed E-state index contributed by atoms with van der Waals surface area (Å²) in [5, 5.41) is 16.7. The van der Waals surface area contributed by atoms with Crippen LogP contribution in [0.25, 0.3) is 0 Å². The molecule has 0 saturated carbocycles. The van der Waals surface area contributed by atoms with Gasteiger partial charge in [0, 0.05) is 18.7 Å². The van der Waals surface area contributed by atoms with Gasteiger partial charge in [-0.1, -0.05) is 13.3 Å². The number of ether oxygens (including phenoxy) is 4. The lowest BCUT2D eigenvalue weighted by molar-refractivity contribution is -0.0761. The number of unbranched alkanes of at least 4 members (excludes halogenated alkanes) is 1. The second-order valence-corrected chi connectivity index (χ2v) is 6.62. The number of rotatable bonds is 11. The molecule has 0 aliphatic carbocycles. The Morgan fingerprint density at radius 3 is 2.70 bits per heavy atom. The number of hydrogen-bond donors (Lipinski definition) is 3. The number of β-amino-alcohol motifs (C(OH)–C–C–N with tert-alkyl or cyclic N) is 1. The Balaban J connectivity index is 1.88. The van der Waals surface area contributed by atoms with Crippen LogP contribution in [-0.4, -0.2) is 63.9 Å². The average Bonchev–Trinajstić information content (AvgIpc) is 2.66. The van der Waals surface area contributed by atoms with E-state index in [1.807, 2.05) is 6.92 Å². The maximum atomic E-state index is 11.7. The van der Waals surface area contributed by atoms with Gasteiger partial charge < -0.3 is 34.7 Å². The molecule has 1 aromatic carbocycles. The van der Waals surface area contributed by atoms with Crippen molar-refractivity contribution in [2.45, 2.75) is 31.4 Å². The normalized spacial score (nSPS) is 16.1. The number of carbonyl (C=O) groups is 1. The van der Waals surface area contributed by atoms with Crippen molar-refractivity contribution in [3.63, 3.8) is 0 Å². The number of carbonyl (C=O) groups excluding carboxylic acids is 1. The van der Waals surface area contributed by atoms with Gasteiger partial charge in [0.05, 0.1) is 45.7 Å². The van der Waals surface area contributed by atoms with Crippen molar-refractivity contribution in [1.29, 1.82) is 0 Å². The van der Waals surface area contributed by atoms with Crippen molar-refractivity contribution in [3.8, 4) is 11.5 Å². The molecule has 1 amide bonds. The smallest absolute Gasteiger partial charge is 0.407 e. The van der Waals surface area contributed by atoms with Crippen molar-refractivity contribution in [3.05, 3.63) is 23.8 Å². The fourth-order valence-electron chi connectivity index (χ4n) is 2.74. The second kappa shape index (κ2) is 10.3. The molecule has 1 aliphatic heterocycles. The Labute approximate surface area is 160 Å². The molecule has 8 heteroatoms. The van der Waals surface area contributed by atoms with E-state index in [1.54, 1.807) is 32.4 Å². The summed E-state index contributed by atoms with van der Waals surface area (Å²) in [6.07, 6.45) is 0.572. The van der Waals surface area contributed by atoms with Crippen LogP contribution >= 0.6 is 0 Å². The number of nitrogens with one attached hydrogen (secondary N) is 2. The Kier molecular flexibility index (Phi) is 8.15. The van der Waals surface area contributed by atoms with Gasteiger partial charge >= 0.3 is 6.09 Å². The van der Waals surface area contributed by atoms with E-state index >= 15 is 0 Å².